The number of rotatable bonds is 4. The van der Waals surface area contributed by atoms with Gasteiger partial charge in [0.2, 0.25) is 0 Å². The normalized spacial score (nSPS) is 23.3. The van der Waals surface area contributed by atoms with E-state index in [0.717, 1.165) is 11.1 Å². The summed E-state index contributed by atoms with van der Waals surface area (Å²) in [5, 5.41) is 0. The Kier molecular flexibility index (Phi) is 5.12. The van der Waals surface area contributed by atoms with E-state index in [1.807, 2.05) is 51.1 Å². The number of carbonyl (C=O) groups is 1. The monoisotopic (exact) mass is 320 g/mol. The van der Waals surface area contributed by atoms with Crippen LogP contribution in [0.3, 0.4) is 0 Å². The van der Waals surface area contributed by atoms with Crippen LogP contribution >= 0.6 is 0 Å². The van der Waals surface area contributed by atoms with Crippen LogP contribution in [0.1, 0.15) is 44.9 Å². The molecule has 2 rings (SSSR count). The number of fused-ring (bicyclic) bond motifs is 1. The highest BCUT2D eigenvalue weighted by molar-refractivity contribution is 5.61. The fraction of sp³-hybridized carbons (Fsp3) is 0.500. The van der Waals surface area contributed by atoms with Crippen LogP contribution in [0.5, 0.6) is 0 Å². The van der Waals surface area contributed by atoms with Crippen LogP contribution in [0, 0.1) is 0 Å². The highest BCUT2D eigenvalue weighted by atomic mass is 16.8. The van der Waals surface area contributed by atoms with Crippen LogP contribution in [0.15, 0.2) is 36.4 Å². The molecular formula is C18H24O5. The minimum absolute atomic E-state index is 0.214. The topological polar surface area (TPSA) is 54.0 Å². The highest BCUT2D eigenvalue weighted by Crippen LogP contribution is 2.42. The summed E-state index contributed by atoms with van der Waals surface area (Å²) in [4.78, 5) is 12.0. The molecule has 0 radical (unpaired) electrons. The van der Waals surface area contributed by atoms with E-state index in [4.69, 9.17) is 18.9 Å². The lowest BCUT2D eigenvalue weighted by Crippen LogP contribution is -2.42. The summed E-state index contributed by atoms with van der Waals surface area (Å²) in [5.74, 6) is -1.34. The summed E-state index contributed by atoms with van der Waals surface area (Å²) in [6.07, 6.45) is 2.56. The molecule has 126 valence electrons. The Balaban J connectivity index is 2.51. The van der Waals surface area contributed by atoms with Gasteiger partial charge in [0.1, 0.15) is 6.10 Å². The van der Waals surface area contributed by atoms with Crippen LogP contribution in [0.25, 0.3) is 0 Å². The van der Waals surface area contributed by atoms with Crippen molar-refractivity contribution in [2.24, 2.45) is 0 Å². The first-order valence-electron chi connectivity index (χ1n) is 7.69. The molecule has 0 heterocycles. The van der Waals surface area contributed by atoms with Crippen molar-refractivity contribution in [3.63, 3.8) is 0 Å². The lowest BCUT2D eigenvalue weighted by atomic mass is 9.89. The molecule has 0 aliphatic heterocycles. The summed E-state index contributed by atoms with van der Waals surface area (Å²) in [6.45, 7) is 7.67. The van der Waals surface area contributed by atoms with E-state index < -0.39 is 17.5 Å². The van der Waals surface area contributed by atoms with E-state index in [1.165, 1.54) is 0 Å². The number of carbonyl (C=O) groups excluding carboxylic acids is 1. The molecule has 1 aliphatic rings. The zero-order chi connectivity index (χ0) is 17.1. The lowest BCUT2D eigenvalue weighted by Gasteiger charge is -2.40. The SMILES string of the molecule is CCOC(=O)OC1(OC(C)(C)C)C=CC(OC)c2ccccc21. The van der Waals surface area contributed by atoms with Crippen LogP contribution in [-0.2, 0) is 24.7 Å². The number of ether oxygens (including phenoxy) is 4. The molecule has 0 saturated heterocycles. The van der Waals surface area contributed by atoms with Gasteiger partial charge in [0.25, 0.3) is 5.79 Å². The van der Waals surface area contributed by atoms with E-state index >= 15 is 0 Å². The maximum Gasteiger partial charge on any atom is 0.511 e. The van der Waals surface area contributed by atoms with Crippen molar-refractivity contribution < 1.29 is 23.7 Å². The van der Waals surface area contributed by atoms with Gasteiger partial charge in [0.05, 0.1) is 12.2 Å². The molecular weight excluding hydrogens is 296 g/mol. The lowest BCUT2D eigenvalue weighted by molar-refractivity contribution is -0.239. The summed E-state index contributed by atoms with van der Waals surface area (Å²) in [7, 11) is 1.63. The van der Waals surface area contributed by atoms with E-state index in [2.05, 4.69) is 0 Å². The maximum atomic E-state index is 12.0. The number of benzene rings is 1. The number of hydrogen-bond donors (Lipinski definition) is 0. The van der Waals surface area contributed by atoms with Crippen LogP contribution in [0.2, 0.25) is 0 Å². The van der Waals surface area contributed by atoms with Gasteiger partial charge in [-0.2, -0.15) is 0 Å². The van der Waals surface area contributed by atoms with E-state index in [1.54, 1.807) is 20.1 Å². The van der Waals surface area contributed by atoms with E-state index in [0.29, 0.717) is 0 Å². The second-order valence-corrected chi connectivity index (χ2v) is 6.27. The molecule has 1 aromatic carbocycles. The van der Waals surface area contributed by atoms with Gasteiger partial charge in [0, 0.05) is 12.7 Å². The Morgan fingerprint density at radius 1 is 1.26 bits per heavy atom. The van der Waals surface area contributed by atoms with Crippen molar-refractivity contribution in [1.82, 2.24) is 0 Å². The van der Waals surface area contributed by atoms with Gasteiger partial charge in [-0.05, 0) is 45.4 Å². The summed E-state index contributed by atoms with van der Waals surface area (Å²) < 4.78 is 22.2. The van der Waals surface area contributed by atoms with Crippen molar-refractivity contribution in [3.8, 4) is 0 Å². The maximum absolute atomic E-state index is 12.0. The molecule has 0 amide bonds. The van der Waals surface area contributed by atoms with Crippen molar-refractivity contribution >= 4 is 6.16 Å². The fourth-order valence-electron chi connectivity index (χ4n) is 2.60. The second kappa shape index (κ2) is 6.72. The molecule has 2 atom stereocenters. The van der Waals surface area contributed by atoms with Crippen molar-refractivity contribution in [3.05, 3.63) is 47.5 Å². The van der Waals surface area contributed by atoms with Gasteiger partial charge in [-0.25, -0.2) is 4.79 Å². The van der Waals surface area contributed by atoms with Crippen molar-refractivity contribution in [2.75, 3.05) is 13.7 Å². The van der Waals surface area contributed by atoms with Gasteiger partial charge in [-0.1, -0.05) is 24.3 Å². The predicted octanol–water partition coefficient (Wildman–Crippen LogP) is 4.08. The Morgan fingerprint density at radius 3 is 2.57 bits per heavy atom. The molecule has 1 aromatic rings. The van der Waals surface area contributed by atoms with Gasteiger partial charge in [0.15, 0.2) is 0 Å². The second-order valence-electron chi connectivity index (χ2n) is 6.27. The third-order valence-electron chi connectivity index (χ3n) is 3.34. The van der Waals surface area contributed by atoms with Crippen molar-refractivity contribution in [2.45, 2.75) is 45.2 Å². The Hall–Kier alpha value is -1.85. The zero-order valence-electron chi connectivity index (χ0n) is 14.3. The van der Waals surface area contributed by atoms with Crippen LogP contribution < -0.4 is 0 Å². The minimum atomic E-state index is -1.34. The molecule has 0 saturated carbocycles. The van der Waals surface area contributed by atoms with Crippen LogP contribution in [0.4, 0.5) is 4.79 Å². The van der Waals surface area contributed by atoms with Gasteiger partial charge in [-0.15, -0.1) is 0 Å². The Morgan fingerprint density at radius 2 is 1.96 bits per heavy atom. The van der Waals surface area contributed by atoms with Crippen LogP contribution in [-0.4, -0.2) is 25.5 Å². The number of methoxy groups -OCH3 is 1. The third kappa shape index (κ3) is 3.92. The molecule has 0 spiro atoms. The fourth-order valence-corrected chi connectivity index (χ4v) is 2.60. The highest BCUT2D eigenvalue weighted by Gasteiger charge is 2.44. The smallest absolute Gasteiger partial charge is 0.435 e. The third-order valence-corrected chi connectivity index (χ3v) is 3.34. The predicted molar refractivity (Wildman–Crippen MR) is 86.0 cm³/mol. The largest absolute Gasteiger partial charge is 0.511 e. The quantitative estimate of drug-likeness (QED) is 0.475. The van der Waals surface area contributed by atoms with Gasteiger partial charge in [-0.3, -0.25) is 0 Å². The van der Waals surface area contributed by atoms with E-state index in [-0.39, 0.29) is 12.7 Å². The standard InChI is InChI=1S/C18H24O5/c1-6-21-16(19)22-18(23-17(2,3)4)12-11-15(20-5)13-9-7-8-10-14(13)18/h7-12,15H,6H2,1-5H3. The van der Waals surface area contributed by atoms with Crippen molar-refractivity contribution in [1.29, 1.82) is 0 Å². The minimum Gasteiger partial charge on any atom is -0.435 e. The molecule has 5 nitrogen and oxygen atoms in total. The average Bonchev–Trinajstić information content (AvgIpc) is 2.46. The molecule has 0 fully saturated rings. The summed E-state index contributed by atoms with van der Waals surface area (Å²) >= 11 is 0. The molecule has 0 bridgehead atoms. The number of hydrogen-bond acceptors (Lipinski definition) is 5. The molecule has 5 heteroatoms. The summed E-state index contributed by atoms with van der Waals surface area (Å²) in [5.41, 5.74) is 1.09. The van der Waals surface area contributed by atoms with Gasteiger partial charge < -0.3 is 18.9 Å². The zero-order valence-corrected chi connectivity index (χ0v) is 14.3. The molecule has 23 heavy (non-hydrogen) atoms. The Labute approximate surface area is 137 Å². The first kappa shape index (κ1) is 17.5. The molecule has 0 N–H and O–H groups in total. The average molecular weight is 320 g/mol. The molecule has 2 unspecified atom stereocenters. The summed E-state index contributed by atoms with van der Waals surface area (Å²) in [6, 6.07) is 7.59. The Bertz CT molecular complexity index is 587. The van der Waals surface area contributed by atoms with Gasteiger partial charge >= 0.3 is 6.16 Å². The van der Waals surface area contributed by atoms with E-state index in [9.17, 15) is 4.79 Å². The first-order chi connectivity index (χ1) is 10.8. The first-order valence-corrected chi connectivity index (χ1v) is 7.69. The molecule has 0 aromatic heterocycles. The molecule has 1 aliphatic carbocycles.